The van der Waals surface area contributed by atoms with Gasteiger partial charge in [0.2, 0.25) is 5.91 Å². The van der Waals surface area contributed by atoms with Gasteiger partial charge in [0.25, 0.3) is 0 Å². The number of rotatable bonds is 5. The summed E-state index contributed by atoms with van der Waals surface area (Å²) in [5.41, 5.74) is 0.323. The van der Waals surface area contributed by atoms with Crippen LogP contribution < -0.4 is 10.6 Å². The molecule has 0 aliphatic carbocycles. The van der Waals surface area contributed by atoms with Crippen molar-refractivity contribution in [2.45, 2.75) is 71.6 Å². The molecule has 2 heterocycles. The smallest absolute Gasteiger partial charge is 0.222 e. The number of amides is 1. The number of nitrogens with zero attached hydrogens (tertiary/aromatic N) is 1. The maximum atomic E-state index is 11.2. The van der Waals surface area contributed by atoms with Crippen LogP contribution in [-0.4, -0.2) is 74.0 Å². The molecule has 148 valence electrons. The Labute approximate surface area is 154 Å². The minimum Gasteiger partial charge on any atom is -0.376 e. The van der Waals surface area contributed by atoms with E-state index in [9.17, 15) is 4.79 Å². The van der Waals surface area contributed by atoms with Gasteiger partial charge in [-0.1, -0.05) is 0 Å². The standard InChI is InChI=1S/C10H20N2O.C9H19NO2/c1-10(2,3)11-6-8-12-7-4-5-9(12)13;1-9(2,3)10-6-8-7-11-4-5-12-8/h11H,4-8H2,1-3H3;8,10H,4-7H2,1-3H3. The molecule has 0 aromatic rings. The van der Waals surface area contributed by atoms with Crippen molar-refractivity contribution in [3.05, 3.63) is 0 Å². The third-order valence-corrected chi connectivity index (χ3v) is 3.95. The summed E-state index contributed by atoms with van der Waals surface area (Å²) in [7, 11) is 0. The van der Waals surface area contributed by atoms with Crippen LogP contribution in [-0.2, 0) is 14.3 Å². The lowest BCUT2D eigenvalue weighted by Gasteiger charge is -2.27. The second-order valence-electron chi connectivity index (χ2n) is 8.86. The van der Waals surface area contributed by atoms with Crippen LogP contribution in [0.4, 0.5) is 0 Å². The molecule has 25 heavy (non-hydrogen) atoms. The fourth-order valence-electron chi connectivity index (χ4n) is 2.58. The third kappa shape index (κ3) is 11.5. The van der Waals surface area contributed by atoms with Crippen molar-refractivity contribution in [2.24, 2.45) is 0 Å². The van der Waals surface area contributed by atoms with Gasteiger partial charge in [0.15, 0.2) is 0 Å². The van der Waals surface area contributed by atoms with Crippen molar-refractivity contribution >= 4 is 5.91 Å². The number of carbonyl (C=O) groups excluding carboxylic acids is 1. The van der Waals surface area contributed by atoms with Gasteiger partial charge in [0.1, 0.15) is 0 Å². The van der Waals surface area contributed by atoms with Gasteiger partial charge < -0.3 is 25.0 Å². The molecule has 0 aromatic heterocycles. The van der Waals surface area contributed by atoms with Gasteiger partial charge in [-0.2, -0.15) is 0 Å². The first kappa shape index (κ1) is 22.4. The molecular weight excluding hydrogens is 318 g/mol. The zero-order valence-corrected chi connectivity index (χ0v) is 17.1. The summed E-state index contributed by atoms with van der Waals surface area (Å²) < 4.78 is 10.8. The van der Waals surface area contributed by atoms with Crippen LogP contribution in [0.5, 0.6) is 0 Å². The van der Waals surface area contributed by atoms with Gasteiger partial charge >= 0.3 is 0 Å². The molecule has 0 bridgehead atoms. The average Bonchev–Trinajstić information content (AvgIpc) is 2.90. The molecule has 2 fully saturated rings. The van der Waals surface area contributed by atoms with Crippen molar-refractivity contribution in [3.8, 4) is 0 Å². The summed E-state index contributed by atoms with van der Waals surface area (Å²) in [6.07, 6.45) is 2.02. The molecule has 0 aromatic carbocycles. The number of hydrogen-bond acceptors (Lipinski definition) is 5. The second kappa shape index (κ2) is 10.5. The maximum Gasteiger partial charge on any atom is 0.222 e. The highest BCUT2D eigenvalue weighted by atomic mass is 16.6. The van der Waals surface area contributed by atoms with Crippen LogP contribution in [0.1, 0.15) is 54.4 Å². The molecule has 2 N–H and O–H groups in total. The normalized spacial score (nSPS) is 21.9. The minimum atomic E-state index is 0.156. The van der Waals surface area contributed by atoms with Gasteiger partial charge in [-0.05, 0) is 48.0 Å². The number of carbonyl (C=O) groups is 1. The Morgan fingerprint density at radius 3 is 2.24 bits per heavy atom. The van der Waals surface area contributed by atoms with E-state index >= 15 is 0 Å². The van der Waals surface area contributed by atoms with E-state index < -0.39 is 0 Å². The lowest BCUT2D eigenvalue weighted by molar-refractivity contribution is -0.127. The molecule has 6 nitrogen and oxygen atoms in total. The van der Waals surface area contributed by atoms with E-state index in [0.29, 0.717) is 5.91 Å². The van der Waals surface area contributed by atoms with Crippen molar-refractivity contribution in [1.29, 1.82) is 0 Å². The molecular formula is C19H39N3O3. The van der Waals surface area contributed by atoms with E-state index in [4.69, 9.17) is 9.47 Å². The van der Waals surface area contributed by atoms with Crippen molar-refractivity contribution in [3.63, 3.8) is 0 Å². The Kier molecular flexibility index (Phi) is 9.35. The van der Waals surface area contributed by atoms with Gasteiger partial charge in [-0.25, -0.2) is 0 Å². The van der Waals surface area contributed by atoms with Crippen LogP contribution >= 0.6 is 0 Å². The molecule has 6 heteroatoms. The highest BCUT2D eigenvalue weighted by Gasteiger charge is 2.20. The maximum absolute atomic E-state index is 11.2. The lowest BCUT2D eigenvalue weighted by Crippen LogP contribution is -2.44. The largest absolute Gasteiger partial charge is 0.376 e. The van der Waals surface area contributed by atoms with Gasteiger partial charge in [-0.3, -0.25) is 4.79 Å². The number of ether oxygens (including phenoxy) is 2. The monoisotopic (exact) mass is 357 g/mol. The summed E-state index contributed by atoms with van der Waals surface area (Å²) in [5, 5.41) is 6.76. The Hall–Kier alpha value is -0.690. The van der Waals surface area contributed by atoms with Crippen molar-refractivity contribution in [1.82, 2.24) is 15.5 Å². The van der Waals surface area contributed by atoms with Crippen LogP contribution in [0.3, 0.4) is 0 Å². The van der Waals surface area contributed by atoms with Gasteiger partial charge in [0.05, 0.1) is 25.9 Å². The number of likely N-dealkylation sites (tertiary alicyclic amines) is 1. The zero-order chi connectivity index (χ0) is 18.9. The highest BCUT2D eigenvalue weighted by Crippen LogP contribution is 2.08. The number of nitrogens with one attached hydrogen (secondary N) is 2. The van der Waals surface area contributed by atoms with E-state index in [1.54, 1.807) is 0 Å². The Morgan fingerprint density at radius 2 is 1.76 bits per heavy atom. The highest BCUT2D eigenvalue weighted by molar-refractivity contribution is 5.78. The van der Waals surface area contributed by atoms with Crippen molar-refractivity contribution < 1.29 is 14.3 Å². The van der Waals surface area contributed by atoms with E-state index in [1.807, 2.05) is 4.90 Å². The van der Waals surface area contributed by atoms with Crippen LogP contribution in [0.15, 0.2) is 0 Å². The average molecular weight is 358 g/mol. The topological polar surface area (TPSA) is 62.8 Å². The second-order valence-corrected chi connectivity index (χ2v) is 8.86. The van der Waals surface area contributed by atoms with E-state index in [0.717, 1.165) is 58.8 Å². The summed E-state index contributed by atoms with van der Waals surface area (Å²) >= 11 is 0. The number of hydrogen-bond donors (Lipinski definition) is 2. The Bertz CT molecular complexity index is 382. The molecule has 2 aliphatic heterocycles. The molecule has 2 aliphatic rings. The molecule has 1 unspecified atom stereocenters. The molecule has 1 amide bonds. The first-order valence-corrected chi connectivity index (χ1v) is 9.54. The first-order valence-electron chi connectivity index (χ1n) is 9.54. The van der Waals surface area contributed by atoms with Gasteiger partial charge in [-0.15, -0.1) is 0 Å². The Balaban J connectivity index is 0.000000251. The fourth-order valence-corrected chi connectivity index (χ4v) is 2.58. The summed E-state index contributed by atoms with van der Waals surface area (Å²) in [5.74, 6) is 0.315. The molecule has 0 radical (unpaired) electrons. The Morgan fingerprint density at radius 1 is 1.08 bits per heavy atom. The van der Waals surface area contributed by atoms with Crippen LogP contribution in [0.2, 0.25) is 0 Å². The summed E-state index contributed by atoms with van der Waals surface area (Å²) in [6, 6.07) is 0. The summed E-state index contributed by atoms with van der Waals surface area (Å²) in [4.78, 5) is 13.2. The molecule has 0 saturated carbocycles. The van der Waals surface area contributed by atoms with E-state index in [2.05, 4.69) is 52.2 Å². The molecule has 1 atom stereocenters. The molecule has 2 rings (SSSR count). The third-order valence-electron chi connectivity index (χ3n) is 3.95. The predicted octanol–water partition coefficient (Wildman–Crippen LogP) is 1.79. The van der Waals surface area contributed by atoms with E-state index in [1.165, 1.54) is 0 Å². The lowest BCUT2D eigenvalue weighted by atomic mass is 10.1. The fraction of sp³-hybridized carbons (Fsp3) is 0.947. The van der Waals surface area contributed by atoms with Crippen LogP contribution in [0.25, 0.3) is 0 Å². The minimum absolute atomic E-state index is 0.156. The van der Waals surface area contributed by atoms with Crippen molar-refractivity contribution in [2.75, 3.05) is 46.0 Å². The SMILES string of the molecule is CC(C)(C)NCC1COCCO1.CC(C)(C)NCCN1CCCC1=O. The van der Waals surface area contributed by atoms with Crippen LogP contribution in [0, 0.1) is 0 Å². The van der Waals surface area contributed by atoms with Gasteiger partial charge in [0, 0.05) is 43.7 Å². The summed E-state index contributed by atoms with van der Waals surface area (Å²) in [6.45, 7) is 18.6. The predicted molar refractivity (Wildman–Crippen MR) is 102 cm³/mol. The molecule has 2 saturated heterocycles. The van der Waals surface area contributed by atoms with E-state index in [-0.39, 0.29) is 17.2 Å². The molecule has 0 spiro atoms. The first-order chi connectivity index (χ1) is 11.6. The quantitative estimate of drug-likeness (QED) is 0.785. The zero-order valence-electron chi connectivity index (χ0n) is 17.1.